The first kappa shape index (κ1) is 32.8. The van der Waals surface area contributed by atoms with Crippen LogP contribution in [-0.2, 0) is 17.8 Å². The number of rotatable bonds is 10. The Labute approximate surface area is 247 Å². The zero-order valence-electron chi connectivity index (χ0n) is 25.8. The summed E-state index contributed by atoms with van der Waals surface area (Å²) in [7, 11) is 0. The van der Waals surface area contributed by atoms with Gasteiger partial charge in [0.15, 0.2) is 0 Å². The lowest BCUT2D eigenvalue weighted by Crippen LogP contribution is -2.11. The zero-order valence-corrected chi connectivity index (χ0v) is 25.8. The maximum Gasteiger partial charge on any atom is 0.336 e. The summed E-state index contributed by atoms with van der Waals surface area (Å²) in [4.78, 5) is 11.2. The van der Waals surface area contributed by atoms with Crippen LogP contribution in [0.3, 0.4) is 0 Å². The molecule has 0 aliphatic carbocycles. The fourth-order valence-electron chi connectivity index (χ4n) is 4.29. The van der Waals surface area contributed by atoms with Crippen LogP contribution >= 0.6 is 0 Å². The summed E-state index contributed by atoms with van der Waals surface area (Å²) in [5, 5.41) is 12.7. The molecule has 0 atom stereocenters. The van der Waals surface area contributed by atoms with Crippen molar-refractivity contribution in [3.8, 4) is 0 Å². The van der Waals surface area contributed by atoms with Gasteiger partial charge in [0.1, 0.15) is 0 Å². The maximum absolute atomic E-state index is 11.2. The van der Waals surface area contributed by atoms with E-state index < -0.39 is 5.97 Å². The van der Waals surface area contributed by atoms with E-state index in [1.54, 1.807) is 0 Å². The Bertz CT molecular complexity index is 1450. The van der Waals surface area contributed by atoms with Crippen LogP contribution in [-0.4, -0.2) is 11.1 Å². The van der Waals surface area contributed by atoms with E-state index in [1.165, 1.54) is 51.1 Å². The second-order valence-corrected chi connectivity index (χ2v) is 10.3. The largest absolute Gasteiger partial charge is 0.478 e. The number of carboxylic acids is 1. The van der Waals surface area contributed by atoms with Gasteiger partial charge in [0, 0.05) is 12.2 Å². The van der Waals surface area contributed by atoms with E-state index in [-0.39, 0.29) is 5.57 Å². The van der Waals surface area contributed by atoms with Crippen LogP contribution < -0.4 is 5.32 Å². The third-order valence-corrected chi connectivity index (χ3v) is 7.13. The molecule has 0 radical (unpaired) electrons. The van der Waals surface area contributed by atoms with Gasteiger partial charge in [-0.1, -0.05) is 104 Å². The van der Waals surface area contributed by atoms with Gasteiger partial charge in [0.05, 0.1) is 5.57 Å². The van der Waals surface area contributed by atoms with E-state index >= 15 is 0 Å². The molecule has 0 aliphatic rings. The predicted molar refractivity (Wildman–Crippen MR) is 178 cm³/mol. The summed E-state index contributed by atoms with van der Waals surface area (Å²) < 4.78 is 0. The van der Waals surface area contributed by atoms with Crippen molar-refractivity contribution in [2.75, 3.05) is 0 Å². The lowest BCUT2D eigenvalue weighted by atomic mass is 9.95. The average molecular weight is 548 g/mol. The van der Waals surface area contributed by atoms with Crippen molar-refractivity contribution >= 4 is 22.8 Å². The molecule has 2 N–H and O–H groups in total. The monoisotopic (exact) mass is 547 g/mol. The zero-order chi connectivity index (χ0) is 30.5. The van der Waals surface area contributed by atoms with Gasteiger partial charge in [0.25, 0.3) is 0 Å². The number of benzene rings is 3. The Balaban J connectivity index is 0.000000296. The number of hydrogen-bond donors (Lipinski definition) is 2. The number of carboxylic acid groups (broad SMARTS) is 1. The van der Waals surface area contributed by atoms with Gasteiger partial charge in [-0.25, -0.2) is 4.79 Å². The summed E-state index contributed by atoms with van der Waals surface area (Å²) in [6.07, 6.45) is 5.79. The van der Waals surface area contributed by atoms with Gasteiger partial charge in [-0.2, -0.15) is 0 Å². The fraction of sp³-hybridized carbons (Fsp3) is 0.237. The quantitative estimate of drug-likeness (QED) is 0.196. The van der Waals surface area contributed by atoms with Crippen molar-refractivity contribution in [2.24, 2.45) is 0 Å². The maximum atomic E-state index is 11.2. The minimum absolute atomic E-state index is 0.261. The summed E-state index contributed by atoms with van der Waals surface area (Å²) in [5.41, 5.74) is 13.1. The molecule has 214 valence electrons. The molecule has 0 aromatic heterocycles. The van der Waals surface area contributed by atoms with Gasteiger partial charge in [-0.3, -0.25) is 0 Å². The molecule has 0 aliphatic heterocycles. The Hall–Kier alpha value is -4.37. The number of nitrogens with one attached hydrogen (secondary N) is 1. The molecule has 0 saturated heterocycles. The van der Waals surface area contributed by atoms with Crippen LogP contribution in [0.1, 0.15) is 73.6 Å². The van der Waals surface area contributed by atoms with Crippen molar-refractivity contribution in [3.63, 3.8) is 0 Å². The Morgan fingerprint density at radius 2 is 1.49 bits per heavy atom. The van der Waals surface area contributed by atoms with E-state index in [9.17, 15) is 9.90 Å². The smallest absolute Gasteiger partial charge is 0.336 e. The number of aliphatic carboxylic acids is 1. The number of carbonyl (C=O) groups is 1. The highest BCUT2D eigenvalue weighted by Crippen LogP contribution is 2.26. The van der Waals surface area contributed by atoms with E-state index in [1.807, 2.05) is 37.3 Å². The van der Waals surface area contributed by atoms with Crippen LogP contribution in [0.15, 0.2) is 109 Å². The highest BCUT2D eigenvalue weighted by atomic mass is 16.4. The van der Waals surface area contributed by atoms with E-state index in [0.717, 1.165) is 29.8 Å². The van der Waals surface area contributed by atoms with Crippen LogP contribution in [0.5, 0.6) is 0 Å². The summed E-state index contributed by atoms with van der Waals surface area (Å²) in [6, 6.07) is 23.1. The first-order chi connectivity index (χ1) is 19.5. The lowest BCUT2D eigenvalue weighted by Gasteiger charge is -2.14. The lowest BCUT2D eigenvalue weighted by molar-refractivity contribution is -0.132. The van der Waals surface area contributed by atoms with E-state index in [2.05, 4.69) is 102 Å². The summed E-state index contributed by atoms with van der Waals surface area (Å²) in [6.45, 7) is 23.2. The molecule has 0 bridgehead atoms. The van der Waals surface area contributed by atoms with E-state index in [0.29, 0.717) is 5.57 Å². The van der Waals surface area contributed by atoms with Crippen LogP contribution in [0.4, 0.5) is 0 Å². The third kappa shape index (κ3) is 9.65. The molecule has 3 rings (SSSR count). The molecule has 0 heterocycles. The Morgan fingerprint density at radius 3 is 2.00 bits per heavy atom. The highest BCUT2D eigenvalue weighted by Gasteiger charge is 2.13. The molecule has 41 heavy (non-hydrogen) atoms. The molecular weight excluding hydrogens is 502 g/mol. The molecule has 0 amide bonds. The van der Waals surface area contributed by atoms with Crippen molar-refractivity contribution in [1.82, 2.24) is 5.32 Å². The number of hydrogen-bond acceptors (Lipinski definition) is 2. The van der Waals surface area contributed by atoms with Crippen LogP contribution in [0.2, 0.25) is 0 Å². The number of aryl methyl sites for hydroxylation is 3. The molecular formula is C38H45NO2. The molecule has 3 aromatic rings. The van der Waals surface area contributed by atoms with Crippen LogP contribution in [0.25, 0.3) is 16.8 Å². The first-order valence-electron chi connectivity index (χ1n) is 14.1. The Kier molecular flexibility index (Phi) is 12.8. The number of allylic oxidation sites excluding steroid dienone is 5. The van der Waals surface area contributed by atoms with Gasteiger partial charge in [-0.15, -0.1) is 0 Å². The minimum Gasteiger partial charge on any atom is -0.478 e. The summed E-state index contributed by atoms with van der Waals surface area (Å²) in [5.74, 6) is -0.942. The predicted octanol–water partition coefficient (Wildman–Crippen LogP) is 9.73. The molecule has 3 nitrogen and oxygen atoms in total. The van der Waals surface area contributed by atoms with Crippen molar-refractivity contribution in [3.05, 3.63) is 148 Å². The standard InChI is InChI=1S/C22H27N.C16H18O2/c1-15(2)18(5)22-13-21(12-9-17(22)4)19(6)23-14-20-10-7-16(3)8-11-20;1-4-7-15(16(17)18)14(6-3)13-10-8-12(5-2)9-11-13/h7-13,23H,6,14H2,1-5H3;4,6-11H,1,5H2,2-3H3,(H,17,18)/b;14-6-,15-7+. The van der Waals surface area contributed by atoms with Gasteiger partial charge in [0.2, 0.25) is 0 Å². The van der Waals surface area contributed by atoms with Gasteiger partial charge >= 0.3 is 5.97 Å². The fourth-order valence-corrected chi connectivity index (χ4v) is 4.29. The molecule has 0 fully saturated rings. The topological polar surface area (TPSA) is 49.3 Å². The minimum atomic E-state index is -0.942. The normalized spacial score (nSPS) is 11.2. The van der Waals surface area contributed by atoms with Gasteiger partial charge < -0.3 is 10.4 Å². The second-order valence-electron chi connectivity index (χ2n) is 10.3. The van der Waals surface area contributed by atoms with E-state index in [4.69, 9.17) is 0 Å². The highest BCUT2D eigenvalue weighted by molar-refractivity contribution is 6.05. The van der Waals surface area contributed by atoms with Crippen LogP contribution in [0, 0.1) is 13.8 Å². The average Bonchev–Trinajstić information content (AvgIpc) is 2.97. The second kappa shape index (κ2) is 16.0. The Morgan fingerprint density at radius 1 is 0.902 bits per heavy atom. The first-order valence-corrected chi connectivity index (χ1v) is 14.1. The molecule has 0 spiro atoms. The van der Waals surface area contributed by atoms with Crippen molar-refractivity contribution in [1.29, 1.82) is 0 Å². The molecule has 3 aromatic carbocycles. The summed E-state index contributed by atoms with van der Waals surface area (Å²) >= 11 is 0. The SMILES string of the molecule is C=C(NCc1ccc(C)cc1)c1ccc(C)c(C(C)=C(C)C)c1.C=C/C=C(C(=O)O)\C(=C/C)c1ccc(CC)cc1. The molecule has 0 unspecified atom stereocenters. The van der Waals surface area contributed by atoms with Gasteiger partial charge in [-0.05, 0) is 105 Å². The van der Waals surface area contributed by atoms with Crippen molar-refractivity contribution < 1.29 is 9.90 Å². The van der Waals surface area contributed by atoms with Crippen molar-refractivity contribution in [2.45, 2.75) is 61.4 Å². The molecule has 3 heteroatoms. The third-order valence-electron chi connectivity index (χ3n) is 7.13. The molecule has 0 saturated carbocycles.